The van der Waals surface area contributed by atoms with Crippen LogP contribution < -0.4 is 10.6 Å². The SMILES string of the molecule is CC[C@@H](N)c1cnc(N(CC)CC)c(C)c1. The van der Waals surface area contributed by atoms with Gasteiger partial charge in [-0.05, 0) is 44.4 Å². The lowest BCUT2D eigenvalue weighted by Crippen LogP contribution is -2.24. The summed E-state index contributed by atoms with van der Waals surface area (Å²) in [6, 6.07) is 2.27. The smallest absolute Gasteiger partial charge is 0.131 e. The van der Waals surface area contributed by atoms with Crippen molar-refractivity contribution < 1.29 is 0 Å². The first-order valence-electron chi connectivity index (χ1n) is 6.11. The summed E-state index contributed by atoms with van der Waals surface area (Å²) >= 11 is 0. The molecule has 0 bridgehead atoms. The number of hydrogen-bond donors (Lipinski definition) is 1. The van der Waals surface area contributed by atoms with Crippen LogP contribution in [0.25, 0.3) is 0 Å². The first kappa shape index (κ1) is 13.0. The predicted molar refractivity (Wildman–Crippen MR) is 69.8 cm³/mol. The van der Waals surface area contributed by atoms with Crippen LogP contribution in [0, 0.1) is 6.92 Å². The Balaban J connectivity index is 2.99. The molecule has 2 N–H and O–H groups in total. The number of aryl methyl sites for hydroxylation is 1. The van der Waals surface area contributed by atoms with E-state index >= 15 is 0 Å². The van der Waals surface area contributed by atoms with E-state index in [2.05, 4.69) is 43.6 Å². The maximum Gasteiger partial charge on any atom is 0.131 e. The molecule has 90 valence electrons. The zero-order chi connectivity index (χ0) is 12.1. The molecule has 0 saturated heterocycles. The normalized spacial score (nSPS) is 12.6. The van der Waals surface area contributed by atoms with Crippen molar-refractivity contribution in [2.24, 2.45) is 5.73 Å². The summed E-state index contributed by atoms with van der Waals surface area (Å²) < 4.78 is 0. The van der Waals surface area contributed by atoms with Crippen molar-refractivity contribution in [2.75, 3.05) is 18.0 Å². The number of hydrogen-bond acceptors (Lipinski definition) is 3. The third-order valence-electron chi connectivity index (χ3n) is 3.00. The summed E-state index contributed by atoms with van der Waals surface area (Å²) in [4.78, 5) is 6.80. The van der Waals surface area contributed by atoms with Crippen molar-refractivity contribution in [1.29, 1.82) is 0 Å². The van der Waals surface area contributed by atoms with Gasteiger partial charge in [-0.15, -0.1) is 0 Å². The Morgan fingerprint density at radius 1 is 1.31 bits per heavy atom. The number of nitrogens with two attached hydrogens (primary N) is 1. The number of anilines is 1. The van der Waals surface area contributed by atoms with Crippen LogP contribution in [-0.4, -0.2) is 18.1 Å². The molecule has 0 aliphatic carbocycles. The van der Waals surface area contributed by atoms with Crippen LogP contribution in [0.5, 0.6) is 0 Å². The average molecular weight is 221 g/mol. The van der Waals surface area contributed by atoms with Crippen LogP contribution in [0.15, 0.2) is 12.3 Å². The van der Waals surface area contributed by atoms with Crippen LogP contribution in [0.1, 0.15) is 44.4 Å². The van der Waals surface area contributed by atoms with E-state index in [1.807, 2.05) is 6.20 Å². The van der Waals surface area contributed by atoms with Gasteiger partial charge in [-0.25, -0.2) is 4.98 Å². The van der Waals surface area contributed by atoms with E-state index in [-0.39, 0.29) is 6.04 Å². The molecule has 1 rings (SSSR count). The molecular weight excluding hydrogens is 198 g/mol. The van der Waals surface area contributed by atoms with Crippen molar-refractivity contribution in [3.63, 3.8) is 0 Å². The molecular formula is C13H23N3. The van der Waals surface area contributed by atoms with Gasteiger partial charge in [-0.1, -0.05) is 6.92 Å². The molecule has 3 heteroatoms. The van der Waals surface area contributed by atoms with Crippen molar-refractivity contribution in [1.82, 2.24) is 4.98 Å². The molecule has 0 amide bonds. The van der Waals surface area contributed by atoms with E-state index in [1.54, 1.807) is 0 Å². The summed E-state index contributed by atoms with van der Waals surface area (Å²) in [5.74, 6) is 1.08. The number of pyridine rings is 1. The fourth-order valence-corrected chi connectivity index (χ4v) is 1.88. The molecule has 0 radical (unpaired) electrons. The summed E-state index contributed by atoms with van der Waals surface area (Å²) in [6.07, 6.45) is 2.86. The molecule has 3 nitrogen and oxygen atoms in total. The van der Waals surface area contributed by atoms with E-state index in [1.165, 1.54) is 5.56 Å². The van der Waals surface area contributed by atoms with Crippen LogP contribution in [0.4, 0.5) is 5.82 Å². The van der Waals surface area contributed by atoms with Crippen LogP contribution in [-0.2, 0) is 0 Å². The van der Waals surface area contributed by atoms with Gasteiger partial charge in [0.2, 0.25) is 0 Å². The van der Waals surface area contributed by atoms with E-state index < -0.39 is 0 Å². The number of aromatic nitrogens is 1. The Kier molecular flexibility index (Phi) is 4.74. The summed E-state index contributed by atoms with van der Waals surface area (Å²) in [5.41, 5.74) is 8.35. The first-order chi connectivity index (χ1) is 7.63. The highest BCUT2D eigenvalue weighted by molar-refractivity contribution is 5.47. The Labute approximate surface area is 98.7 Å². The van der Waals surface area contributed by atoms with Gasteiger partial charge in [0.05, 0.1) is 0 Å². The standard InChI is InChI=1S/C13H23N3/c1-5-12(14)11-8-10(4)13(15-9-11)16(6-2)7-3/h8-9,12H,5-7,14H2,1-4H3/t12-/m1/s1. The first-order valence-corrected chi connectivity index (χ1v) is 6.11. The zero-order valence-electron chi connectivity index (χ0n) is 10.8. The fraction of sp³-hybridized carbons (Fsp3) is 0.615. The van der Waals surface area contributed by atoms with E-state index in [9.17, 15) is 0 Å². The Hall–Kier alpha value is -1.09. The second kappa shape index (κ2) is 5.85. The Morgan fingerprint density at radius 2 is 1.94 bits per heavy atom. The average Bonchev–Trinajstić information content (AvgIpc) is 2.31. The second-order valence-corrected chi connectivity index (χ2v) is 4.10. The fourth-order valence-electron chi connectivity index (χ4n) is 1.88. The highest BCUT2D eigenvalue weighted by Crippen LogP contribution is 2.21. The minimum Gasteiger partial charge on any atom is -0.357 e. The zero-order valence-corrected chi connectivity index (χ0v) is 10.8. The van der Waals surface area contributed by atoms with E-state index in [4.69, 9.17) is 5.73 Å². The summed E-state index contributed by atoms with van der Waals surface area (Å²) in [6.45, 7) is 10.5. The van der Waals surface area contributed by atoms with Gasteiger partial charge in [0.15, 0.2) is 0 Å². The lowest BCUT2D eigenvalue weighted by Gasteiger charge is -2.22. The molecule has 0 fully saturated rings. The van der Waals surface area contributed by atoms with Crippen LogP contribution >= 0.6 is 0 Å². The van der Waals surface area contributed by atoms with Gasteiger partial charge < -0.3 is 10.6 Å². The minimum atomic E-state index is 0.108. The molecule has 1 atom stereocenters. The molecule has 0 saturated carbocycles. The Morgan fingerprint density at radius 3 is 2.38 bits per heavy atom. The molecule has 0 aromatic carbocycles. The van der Waals surface area contributed by atoms with Gasteiger partial charge >= 0.3 is 0 Å². The largest absolute Gasteiger partial charge is 0.357 e. The molecule has 0 aliphatic rings. The quantitative estimate of drug-likeness (QED) is 0.831. The van der Waals surface area contributed by atoms with Gasteiger partial charge in [0.1, 0.15) is 5.82 Å². The second-order valence-electron chi connectivity index (χ2n) is 4.10. The van der Waals surface area contributed by atoms with Crippen molar-refractivity contribution in [3.05, 3.63) is 23.4 Å². The third kappa shape index (κ3) is 2.73. The van der Waals surface area contributed by atoms with Crippen LogP contribution in [0.3, 0.4) is 0 Å². The lowest BCUT2D eigenvalue weighted by molar-refractivity contribution is 0.693. The van der Waals surface area contributed by atoms with Crippen LogP contribution in [0.2, 0.25) is 0 Å². The minimum absolute atomic E-state index is 0.108. The molecule has 1 heterocycles. The van der Waals surface area contributed by atoms with Gasteiger partial charge in [0, 0.05) is 25.3 Å². The summed E-state index contributed by atoms with van der Waals surface area (Å²) in [5, 5.41) is 0. The molecule has 1 aromatic rings. The molecule has 0 aliphatic heterocycles. The lowest BCUT2D eigenvalue weighted by atomic mass is 10.1. The van der Waals surface area contributed by atoms with Gasteiger partial charge in [0.25, 0.3) is 0 Å². The molecule has 0 spiro atoms. The topological polar surface area (TPSA) is 42.1 Å². The Bertz CT molecular complexity index is 332. The van der Waals surface area contributed by atoms with Gasteiger partial charge in [-0.3, -0.25) is 0 Å². The molecule has 0 unspecified atom stereocenters. The maximum absolute atomic E-state index is 6.00. The van der Waals surface area contributed by atoms with Gasteiger partial charge in [-0.2, -0.15) is 0 Å². The summed E-state index contributed by atoms with van der Waals surface area (Å²) in [7, 11) is 0. The van der Waals surface area contributed by atoms with Crippen molar-refractivity contribution in [3.8, 4) is 0 Å². The monoisotopic (exact) mass is 221 g/mol. The molecule has 1 aromatic heterocycles. The number of rotatable bonds is 5. The highest BCUT2D eigenvalue weighted by atomic mass is 15.2. The highest BCUT2D eigenvalue weighted by Gasteiger charge is 2.10. The number of nitrogens with zero attached hydrogens (tertiary/aromatic N) is 2. The predicted octanol–water partition coefficient (Wildman–Crippen LogP) is 2.65. The maximum atomic E-state index is 6.00. The van der Waals surface area contributed by atoms with E-state index in [0.29, 0.717) is 0 Å². The van der Waals surface area contributed by atoms with E-state index in [0.717, 1.165) is 30.9 Å². The third-order valence-corrected chi connectivity index (χ3v) is 3.00. The molecule has 16 heavy (non-hydrogen) atoms. The van der Waals surface area contributed by atoms with Crippen molar-refractivity contribution in [2.45, 2.75) is 40.2 Å². The van der Waals surface area contributed by atoms with Crippen molar-refractivity contribution >= 4 is 5.82 Å².